The van der Waals surface area contributed by atoms with Gasteiger partial charge >= 0.3 is 18.1 Å². The summed E-state index contributed by atoms with van der Waals surface area (Å²) in [6.07, 6.45) is 2.25. The van der Waals surface area contributed by atoms with Gasteiger partial charge in [-0.15, -0.1) is 23.5 Å². The predicted molar refractivity (Wildman–Crippen MR) is 354 cm³/mol. The predicted octanol–water partition coefficient (Wildman–Crippen LogP) is 12.1. The number of aliphatic hydroxyl groups is 4. The summed E-state index contributed by atoms with van der Waals surface area (Å²) < 4.78 is 70.1. The largest absolute Gasteiger partial charge is 0.458 e. The Morgan fingerprint density at radius 1 is 0.663 bits per heavy atom. The number of aryl methyl sites for hydroxylation is 1. The number of carbonyl (C=O) groups is 4. The normalized spacial score (nSPS) is 31.4. The van der Waals surface area contributed by atoms with Gasteiger partial charge in [0.2, 0.25) is 0 Å². The third kappa shape index (κ3) is 17.7. The van der Waals surface area contributed by atoms with E-state index >= 15 is 0 Å². The molecule has 4 saturated heterocycles. The average molecular weight is 1330 g/mol. The molecule has 0 saturated carbocycles. The van der Waals surface area contributed by atoms with Crippen LogP contribution in [0.5, 0.6) is 0 Å². The number of nitrogen functional groups attached to an aromatic ring is 1. The van der Waals surface area contributed by atoms with Gasteiger partial charge in [-0.25, -0.2) is 13.8 Å². The molecule has 0 bridgehead atoms. The molecular formula is C69H99F4N7O10S2. The number of anilines is 1. The third-order valence-electron chi connectivity index (χ3n) is 19.8. The van der Waals surface area contributed by atoms with Crippen molar-refractivity contribution in [3.05, 3.63) is 88.0 Å². The molecule has 4 aromatic rings. The van der Waals surface area contributed by atoms with Crippen molar-refractivity contribution in [3.8, 4) is 11.4 Å². The lowest BCUT2D eigenvalue weighted by Gasteiger charge is -2.34. The molecule has 17 nitrogen and oxygen atoms in total. The van der Waals surface area contributed by atoms with Crippen LogP contribution in [0.2, 0.25) is 0 Å². The third-order valence-corrected chi connectivity index (χ3v) is 21.2. The molecule has 4 fully saturated rings. The zero-order valence-corrected chi connectivity index (χ0v) is 56.8. The Labute approximate surface area is 548 Å². The number of aliphatic hydroxyl groups excluding tert-OH is 4. The van der Waals surface area contributed by atoms with E-state index in [1.54, 1.807) is 84.5 Å². The van der Waals surface area contributed by atoms with Gasteiger partial charge in [0.1, 0.15) is 39.6 Å². The standard InChI is InChI=1S/C34H47F3N4O5S.C34H48FN3O5S.CH4/c1-18-9-8-12-33(6)26(39-33)16-25(46-29(43)17-27(42)32(4,5)31(45)20(3)30(18)44)19(2)13-21-14-28(47-7)41(40-21)22-10-11-24(38)23(15-22)34(35,36)37;1-19-11-12-24(16-25(19)35)38-29(44-8)15-23(37-38)14-21(3)26-17-27-34(7,36-27)13-9-10-20(2)31(41)22(4)32(42)33(5,6)28(39)18-30(40)43-26;/h10-11,13-15,18,20,25-27,30,39,42,44H,8-9,12,16-17,38H2,1-7H3;11-12,14-16,20,22,26-28,31,36,39,41H,9-10,13,17-18H2,1-8H3;1H4/b19-13+;21-14+;/t18-,20+,25-,26-,27-,30-,33+;20-,22+,26-,27-,28-,31-,34+;/m00./s1. The van der Waals surface area contributed by atoms with Crippen molar-refractivity contribution in [3.63, 3.8) is 0 Å². The molecule has 4 aliphatic rings. The summed E-state index contributed by atoms with van der Waals surface area (Å²) in [7, 11) is 0. The number of rotatable bonds is 8. The molecule has 14 atom stereocenters. The first kappa shape index (κ1) is 75.6. The van der Waals surface area contributed by atoms with Gasteiger partial charge in [0.25, 0.3) is 0 Å². The van der Waals surface area contributed by atoms with Crippen molar-refractivity contribution in [2.45, 2.75) is 238 Å². The summed E-state index contributed by atoms with van der Waals surface area (Å²) in [4.78, 5) is 53.3. The summed E-state index contributed by atoms with van der Waals surface area (Å²) in [6.45, 7) is 23.3. The van der Waals surface area contributed by atoms with Crippen LogP contribution in [0.15, 0.2) is 69.7 Å². The van der Waals surface area contributed by atoms with Gasteiger partial charge in [-0.1, -0.05) is 81.7 Å². The average Bonchev–Trinajstić information content (AvgIpc) is 1.60. The van der Waals surface area contributed by atoms with Gasteiger partial charge in [0, 0.05) is 53.5 Å². The molecule has 2 aromatic heterocycles. The molecule has 23 heteroatoms. The second-order valence-electron chi connectivity index (χ2n) is 27.6. The summed E-state index contributed by atoms with van der Waals surface area (Å²) >= 11 is 2.81. The minimum atomic E-state index is -4.63. The lowest BCUT2D eigenvalue weighted by Crippen LogP contribution is -2.45. The van der Waals surface area contributed by atoms with Crippen LogP contribution in [-0.4, -0.2) is 136 Å². The highest BCUT2D eigenvalue weighted by Gasteiger charge is 2.52. The highest BCUT2D eigenvalue weighted by molar-refractivity contribution is 7.98. The molecule has 2 aromatic carbocycles. The van der Waals surface area contributed by atoms with Crippen molar-refractivity contribution < 1.29 is 66.6 Å². The smallest absolute Gasteiger partial charge is 0.418 e. The SMILES string of the molecule is C.CSc1cc(/C=C(\C)[C@@H]2C[C@@H]3N[C@]3(C)CCC[C@H](C)[C@H](O)[C@@H](C)C(=O)C(C)(C)[C@@H](O)CC(=O)O2)nn1-c1ccc(C)c(F)c1.CSc1cc(/C=C(\C)[C@@H]2C[C@@H]3N[C@]3(C)CCC[C@H](C)[C@H](O)[C@@H](C)C(=O)C(C)(C)[C@@H](O)CC(=O)O2)nn1-c1ccc(N)c(C(F)(F)F)c1. The molecule has 6 heterocycles. The minimum absolute atomic E-state index is 0. The van der Waals surface area contributed by atoms with Crippen LogP contribution in [0.25, 0.3) is 23.5 Å². The number of halogens is 4. The minimum Gasteiger partial charge on any atom is -0.458 e. The Morgan fingerprint density at radius 3 is 1.43 bits per heavy atom. The first-order valence-electron chi connectivity index (χ1n) is 31.5. The Balaban J connectivity index is 0.000000290. The molecule has 92 heavy (non-hydrogen) atoms. The number of aromatic nitrogens is 4. The Morgan fingerprint density at radius 2 is 1.05 bits per heavy atom. The number of thioether (sulfide) groups is 2. The molecular weight excluding hydrogens is 1230 g/mol. The number of hydrogen-bond acceptors (Lipinski definition) is 17. The number of alkyl halides is 3. The van der Waals surface area contributed by atoms with Gasteiger partial charge in [0.15, 0.2) is 0 Å². The number of esters is 2. The maximum absolute atomic E-state index is 14.3. The Kier molecular flexibility index (Phi) is 24.8. The van der Waals surface area contributed by atoms with Crippen molar-refractivity contribution in [1.82, 2.24) is 30.2 Å². The first-order valence-corrected chi connectivity index (χ1v) is 33.9. The van der Waals surface area contributed by atoms with Crippen LogP contribution in [0.1, 0.15) is 177 Å². The summed E-state index contributed by atoms with van der Waals surface area (Å²) in [6, 6.07) is 12.5. The summed E-state index contributed by atoms with van der Waals surface area (Å²) in [5.41, 5.74) is 5.34. The zero-order chi connectivity index (χ0) is 67.6. The zero-order valence-electron chi connectivity index (χ0n) is 55.2. The van der Waals surface area contributed by atoms with E-state index in [0.717, 1.165) is 55.2 Å². The molecule has 510 valence electrons. The van der Waals surface area contributed by atoms with Gasteiger partial charge in [0.05, 0.1) is 76.4 Å². The number of carbonyl (C=O) groups excluding carboxylic acids is 4. The fraction of sp³-hybridized carbons (Fsp3) is 0.623. The Hall–Kier alpha value is -5.40. The fourth-order valence-electron chi connectivity index (χ4n) is 12.7. The monoisotopic (exact) mass is 1330 g/mol. The molecule has 4 aliphatic heterocycles. The molecule has 0 unspecified atom stereocenters. The summed E-state index contributed by atoms with van der Waals surface area (Å²) in [5, 5.41) is 61.8. The van der Waals surface area contributed by atoms with Crippen molar-refractivity contribution >= 4 is 64.9 Å². The lowest BCUT2D eigenvalue weighted by molar-refractivity contribution is -0.156. The van der Waals surface area contributed by atoms with E-state index in [0.29, 0.717) is 46.1 Å². The Bertz CT molecular complexity index is 3350. The number of nitrogens with one attached hydrogen (secondary N) is 2. The highest BCUT2D eigenvalue weighted by atomic mass is 32.2. The lowest BCUT2D eigenvalue weighted by atomic mass is 9.73. The number of benzene rings is 2. The number of nitrogens with zero attached hydrogens (tertiary/aromatic N) is 4. The van der Waals surface area contributed by atoms with Crippen molar-refractivity contribution in [1.29, 1.82) is 0 Å². The van der Waals surface area contributed by atoms with Gasteiger partial charge in [-0.2, -0.15) is 23.4 Å². The van der Waals surface area contributed by atoms with E-state index in [1.807, 2.05) is 45.2 Å². The maximum Gasteiger partial charge on any atom is 0.418 e. The van der Waals surface area contributed by atoms with Gasteiger partial charge in [-0.05, 0) is 156 Å². The van der Waals surface area contributed by atoms with E-state index in [-0.39, 0.29) is 77.6 Å². The first-order chi connectivity index (χ1) is 42.3. The second kappa shape index (κ2) is 30.1. The van der Waals surface area contributed by atoms with Crippen LogP contribution in [0.3, 0.4) is 0 Å². The van der Waals surface area contributed by atoms with Crippen LogP contribution < -0.4 is 16.4 Å². The molecule has 8 rings (SSSR count). The number of Topliss-reactive ketones (excluding diaryl/α,β-unsaturated/α-hetero) is 2. The highest BCUT2D eigenvalue weighted by Crippen LogP contribution is 2.42. The van der Waals surface area contributed by atoms with E-state index in [1.165, 1.54) is 46.4 Å². The summed E-state index contributed by atoms with van der Waals surface area (Å²) in [5.74, 6) is -3.79. The number of ether oxygens (including phenoxy) is 2. The molecule has 0 amide bonds. The molecule has 0 spiro atoms. The molecule has 0 radical (unpaired) electrons. The van der Waals surface area contributed by atoms with Crippen LogP contribution in [0.4, 0.5) is 23.2 Å². The second-order valence-corrected chi connectivity index (χ2v) is 29.2. The van der Waals surface area contributed by atoms with Crippen LogP contribution in [0, 0.1) is 47.2 Å². The number of ketones is 2. The van der Waals surface area contributed by atoms with Crippen molar-refractivity contribution in [2.75, 3.05) is 18.2 Å². The maximum atomic E-state index is 14.3. The quantitative estimate of drug-likeness (QED) is 0.0284. The van der Waals surface area contributed by atoms with E-state index in [9.17, 15) is 57.2 Å². The van der Waals surface area contributed by atoms with E-state index in [4.69, 9.17) is 20.3 Å². The number of nitrogens with two attached hydrogens (primary N) is 1. The number of cyclic esters (lactones) is 2. The van der Waals surface area contributed by atoms with Gasteiger partial charge in [-0.3, -0.25) is 19.2 Å². The van der Waals surface area contributed by atoms with E-state index in [2.05, 4.69) is 29.6 Å². The topological polar surface area (TPSA) is 273 Å². The van der Waals surface area contributed by atoms with Crippen LogP contribution in [-0.2, 0) is 34.8 Å². The number of hydrogen-bond donors (Lipinski definition) is 7. The van der Waals surface area contributed by atoms with Crippen LogP contribution >= 0.6 is 23.5 Å². The van der Waals surface area contributed by atoms with E-state index < -0.39 is 89.4 Å². The molecule has 0 aliphatic carbocycles. The number of fused-ring (bicyclic) bond motifs is 2. The van der Waals surface area contributed by atoms with Crippen molar-refractivity contribution in [2.24, 2.45) is 34.5 Å². The molecule has 8 N–H and O–H groups in total. The fourth-order valence-corrected chi connectivity index (χ4v) is 13.9. The van der Waals surface area contributed by atoms with Gasteiger partial charge < -0.3 is 46.3 Å².